The Kier molecular flexibility index (Phi) is 6.95. The SMILES string of the molecule is CC(=O)N1C[C@H](S(=O)(=O)c2ccccc2)C[C@H]1C(=O)NC(C(C)C)C(O)c1nc2ccccc2o1. The van der Waals surface area contributed by atoms with Gasteiger partial charge in [0.05, 0.1) is 16.2 Å². The van der Waals surface area contributed by atoms with E-state index in [1.54, 1.807) is 42.5 Å². The van der Waals surface area contributed by atoms with Crippen molar-refractivity contribution in [3.05, 3.63) is 60.5 Å². The molecule has 2 amide bonds. The number of carbonyl (C=O) groups is 2. The summed E-state index contributed by atoms with van der Waals surface area (Å²) in [7, 11) is -3.74. The van der Waals surface area contributed by atoms with Crippen molar-refractivity contribution in [1.82, 2.24) is 15.2 Å². The number of hydrogen-bond acceptors (Lipinski definition) is 7. The second-order valence-corrected chi connectivity index (χ2v) is 11.4. The lowest BCUT2D eigenvalue weighted by Crippen LogP contribution is -2.51. The molecule has 186 valence electrons. The Balaban J connectivity index is 1.55. The number of para-hydroxylation sites is 2. The van der Waals surface area contributed by atoms with E-state index in [0.717, 1.165) is 0 Å². The van der Waals surface area contributed by atoms with Crippen molar-refractivity contribution < 1.29 is 27.5 Å². The van der Waals surface area contributed by atoms with Gasteiger partial charge in [0.1, 0.15) is 11.6 Å². The molecule has 35 heavy (non-hydrogen) atoms. The first-order valence-corrected chi connectivity index (χ1v) is 13.0. The smallest absolute Gasteiger partial charge is 0.243 e. The van der Waals surface area contributed by atoms with Crippen LogP contribution in [0.1, 0.15) is 39.2 Å². The molecule has 1 aliphatic heterocycles. The number of nitrogens with one attached hydrogen (secondary N) is 1. The number of rotatable bonds is 7. The predicted molar refractivity (Wildman–Crippen MR) is 129 cm³/mol. The highest BCUT2D eigenvalue weighted by molar-refractivity contribution is 7.92. The number of amides is 2. The second kappa shape index (κ2) is 9.79. The molecular formula is C25H29N3O6S. The molecule has 2 aromatic carbocycles. The molecule has 9 nitrogen and oxygen atoms in total. The number of nitrogens with zero attached hydrogens (tertiary/aromatic N) is 2. The standard InChI is InChI=1S/C25H29N3O6S/c1-15(2)22(23(30)25-26-19-11-7-8-12-21(19)34-25)27-24(31)20-13-18(14-28(20)16(3)29)35(32,33)17-9-5-4-6-10-17/h4-12,15,18,20,22-23,30H,13-14H2,1-3H3,(H,27,31)/t18-,20+,22?,23?/m1/s1. The van der Waals surface area contributed by atoms with Crippen LogP contribution in [0.15, 0.2) is 63.9 Å². The predicted octanol–water partition coefficient (Wildman–Crippen LogP) is 2.47. The number of aliphatic hydroxyl groups is 1. The Morgan fingerprint density at radius 3 is 2.40 bits per heavy atom. The largest absolute Gasteiger partial charge is 0.438 e. The number of likely N-dealkylation sites (tertiary alicyclic amines) is 1. The maximum absolute atomic E-state index is 13.3. The summed E-state index contributed by atoms with van der Waals surface area (Å²) < 4.78 is 32.0. The summed E-state index contributed by atoms with van der Waals surface area (Å²) in [6.07, 6.45) is -1.27. The van der Waals surface area contributed by atoms with Crippen LogP contribution in [0.3, 0.4) is 0 Å². The lowest BCUT2D eigenvalue weighted by Gasteiger charge is -2.29. The van der Waals surface area contributed by atoms with Gasteiger partial charge in [-0.3, -0.25) is 9.59 Å². The summed E-state index contributed by atoms with van der Waals surface area (Å²) >= 11 is 0. The third kappa shape index (κ3) is 4.94. The van der Waals surface area contributed by atoms with E-state index < -0.39 is 45.1 Å². The van der Waals surface area contributed by atoms with E-state index in [4.69, 9.17) is 4.42 Å². The fourth-order valence-electron chi connectivity index (χ4n) is 4.46. The number of oxazole rings is 1. The fraction of sp³-hybridized carbons (Fsp3) is 0.400. The number of sulfone groups is 1. The van der Waals surface area contributed by atoms with E-state index in [-0.39, 0.29) is 29.7 Å². The van der Waals surface area contributed by atoms with Gasteiger partial charge in [0.25, 0.3) is 0 Å². The number of aromatic nitrogens is 1. The Labute approximate surface area is 204 Å². The third-order valence-corrected chi connectivity index (χ3v) is 8.56. The minimum atomic E-state index is -3.74. The van der Waals surface area contributed by atoms with Gasteiger partial charge in [-0.1, -0.05) is 44.2 Å². The quantitative estimate of drug-likeness (QED) is 0.511. The molecule has 0 radical (unpaired) electrons. The van der Waals surface area contributed by atoms with Crippen LogP contribution in [0.5, 0.6) is 0 Å². The van der Waals surface area contributed by atoms with Crippen molar-refractivity contribution in [2.45, 2.75) is 55.5 Å². The molecule has 2 N–H and O–H groups in total. The molecule has 1 saturated heterocycles. The Hall–Kier alpha value is -3.24. The molecule has 10 heteroatoms. The van der Waals surface area contributed by atoms with E-state index in [9.17, 15) is 23.1 Å². The summed E-state index contributed by atoms with van der Waals surface area (Å²) in [4.78, 5) is 31.4. The highest BCUT2D eigenvalue weighted by Crippen LogP contribution is 2.30. The van der Waals surface area contributed by atoms with Gasteiger partial charge in [-0.15, -0.1) is 0 Å². The lowest BCUT2D eigenvalue weighted by atomic mass is 9.97. The average molecular weight is 500 g/mol. The Morgan fingerprint density at radius 1 is 1.11 bits per heavy atom. The first kappa shape index (κ1) is 24.9. The van der Waals surface area contributed by atoms with Crippen molar-refractivity contribution in [1.29, 1.82) is 0 Å². The van der Waals surface area contributed by atoms with Gasteiger partial charge < -0.3 is 19.7 Å². The zero-order valence-electron chi connectivity index (χ0n) is 19.8. The molecule has 0 spiro atoms. The van der Waals surface area contributed by atoms with Gasteiger partial charge >= 0.3 is 0 Å². The number of hydrogen-bond donors (Lipinski definition) is 2. The summed E-state index contributed by atoms with van der Waals surface area (Å²) in [6, 6.07) is 13.3. The Morgan fingerprint density at radius 2 is 1.77 bits per heavy atom. The summed E-state index contributed by atoms with van der Waals surface area (Å²) in [6.45, 7) is 4.89. The van der Waals surface area contributed by atoms with Crippen LogP contribution in [0.25, 0.3) is 11.1 Å². The van der Waals surface area contributed by atoms with Gasteiger partial charge in [-0.25, -0.2) is 13.4 Å². The topological polar surface area (TPSA) is 130 Å². The van der Waals surface area contributed by atoms with Crippen LogP contribution in [-0.2, 0) is 19.4 Å². The normalized spacial score (nSPS) is 20.2. The van der Waals surface area contributed by atoms with Crippen molar-refractivity contribution in [3.63, 3.8) is 0 Å². The fourth-order valence-corrected chi connectivity index (χ4v) is 6.18. The van der Waals surface area contributed by atoms with Crippen LogP contribution in [0.2, 0.25) is 0 Å². The van der Waals surface area contributed by atoms with Gasteiger partial charge in [0.15, 0.2) is 21.5 Å². The molecule has 2 unspecified atom stereocenters. The van der Waals surface area contributed by atoms with Crippen LogP contribution >= 0.6 is 0 Å². The first-order chi connectivity index (χ1) is 16.6. The van der Waals surface area contributed by atoms with Crippen molar-refractivity contribution in [3.8, 4) is 0 Å². The molecule has 4 rings (SSSR count). The zero-order valence-corrected chi connectivity index (χ0v) is 20.6. The van der Waals surface area contributed by atoms with Gasteiger partial charge in [0.2, 0.25) is 17.7 Å². The van der Waals surface area contributed by atoms with E-state index in [1.165, 1.54) is 24.0 Å². The van der Waals surface area contributed by atoms with Crippen LogP contribution in [0.4, 0.5) is 0 Å². The monoisotopic (exact) mass is 499 g/mol. The van der Waals surface area contributed by atoms with Gasteiger partial charge in [-0.05, 0) is 36.6 Å². The third-order valence-electron chi connectivity index (χ3n) is 6.41. The molecule has 0 aliphatic carbocycles. The molecule has 4 atom stereocenters. The Bertz CT molecular complexity index is 1290. The van der Waals surface area contributed by atoms with Gasteiger partial charge in [-0.2, -0.15) is 0 Å². The minimum absolute atomic E-state index is 0.0353. The maximum atomic E-state index is 13.3. The average Bonchev–Trinajstić information content (AvgIpc) is 3.48. The molecule has 1 aromatic heterocycles. The maximum Gasteiger partial charge on any atom is 0.243 e. The van der Waals surface area contributed by atoms with Crippen molar-refractivity contribution in [2.24, 2.45) is 5.92 Å². The first-order valence-electron chi connectivity index (χ1n) is 11.5. The van der Waals surface area contributed by atoms with Crippen LogP contribution in [0, 0.1) is 5.92 Å². The molecule has 0 bridgehead atoms. The lowest BCUT2D eigenvalue weighted by molar-refractivity contribution is -0.137. The number of fused-ring (bicyclic) bond motifs is 1. The second-order valence-electron chi connectivity index (χ2n) is 9.15. The van der Waals surface area contributed by atoms with E-state index in [0.29, 0.717) is 11.1 Å². The van der Waals surface area contributed by atoms with Crippen LogP contribution < -0.4 is 5.32 Å². The van der Waals surface area contributed by atoms with Crippen molar-refractivity contribution >= 4 is 32.8 Å². The van der Waals surface area contributed by atoms with E-state index in [1.807, 2.05) is 13.8 Å². The number of benzene rings is 2. The summed E-state index contributed by atoms with van der Waals surface area (Å²) in [5.74, 6) is -1.05. The highest BCUT2D eigenvalue weighted by Gasteiger charge is 2.45. The number of aliphatic hydroxyl groups excluding tert-OH is 1. The molecular weight excluding hydrogens is 470 g/mol. The molecule has 2 heterocycles. The highest BCUT2D eigenvalue weighted by atomic mass is 32.2. The molecule has 1 aliphatic rings. The molecule has 3 aromatic rings. The molecule has 1 fully saturated rings. The minimum Gasteiger partial charge on any atom is -0.438 e. The van der Waals surface area contributed by atoms with E-state index in [2.05, 4.69) is 10.3 Å². The molecule has 0 saturated carbocycles. The summed E-state index contributed by atoms with van der Waals surface area (Å²) in [5.41, 5.74) is 1.10. The summed E-state index contributed by atoms with van der Waals surface area (Å²) in [5, 5.41) is 12.9. The van der Waals surface area contributed by atoms with Crippen molar-refractivity contribution in [2.75, 3.05) is 6.54 Å². The zero-order chi connectivity index (χ0) is 25.3. The van der Waals surface area contributed by atoms with Gasteiger partial charge in [0, 0.05) is 13.5 Å². The van der Waals surface area contributed by atoms with E-state index >= 15 is 0 Å². The number of carbonyl (C=O) groups excluding carboxylic acids is 2. The van der Waals surface area contributed by atoms with Crippen LogP contribution in [-0.4, -0.2) is 59.1 Å².